The number of nitrogens with one attached hydrogen (secondary N) is 1. The zero-order valence-electron chi connectivity index (χ0n) is 20.8. The molecule has 1 fully saturated rings. The molecule has 0 unspecified atom stereocenters. The highest BCUT2D eigenvalue weighted by Gasteiger charge is 2.31. The highest BCUT2D eigenvalue weighted by molar-refractivity contribution is 7.92. The summed E-state index contributed by atoms with van der Waals surface area (Å²) in [4.78, 5) is 23.5. The molecule has 2 aromatic carbocycles. The molecule has 1 amide bonds. The summed E-state index contributed by atoms with van der Waals surface area (Å²) >= 11 is 0. The lowest BCUT2D eigenvalue weighted by atomic mass is 10.1. The summed E-state index contributed by atoms with van der Waals surface area (Å²) in [6.07, 6.45) is 2.61. The first-order valence-electron chi connectivity index (χ1n) is 11.6. The van der Waals surface area contributed by atoms with Gasteiger partial charge in [0, 0.05) is 25.2 Å². The maximum absolute atomic E-state index is 12.7. The van der Waals surface area contributed by atoms with E-state index in [9.17, 15) is 31.7 Å². The third-order valence-corrected chi connectivity index (χ3v) is 9.07. The predicted octanol–water partition coefficient (Wildman–Crippen LogP) is 2.04. The van der Waals surface area contributed by atoms with E-state index in [0.29, 0.717) is 24.4 Å². The molecule has 37 heavy (non-hydrogen) atoms. The van der Waals surface area contributed by atoms with Crippen LogP contribution < -0.4 is 14.4 Å². The van der Waals surface area contributed by atoms with Gasteiger partial charge in [-0.25, -0.2) is 16.8 Å². The lowest BCUT2D eigenvalue weighted by Gasteiger charge is -2.29. The van der Waals surface area contributed by atoms with Crippen molar-refractivity contribution in [2.45, 2.75) is 37.6 Å². The normalized spacial score (nSPS) is 15.2. The molecule has 0 saturated carbocycles. The number of nitro benzene ring substituents is 1. The molecule has 2 aromatic rings. The smallest absolute Gasteiger partial charge is 0.271 e. The number of amides is 1. The van der Waals surface area contributed by atoms with Gasteiger partial charge in [-0.2, -0.15) is 4.31 Å². The van der Waals surface area contributed by atoms with E-state index in [0.717, 1.165) is 29.5 Å². The second-order valence-electron chi connectivity index (χ2n) is 8.68. The molecule has 0 aliphatic carbocycles. The quantitative estimate of drug-likeness (QED) is 0.251. The van der Waals surface area contributed by atoms with Crippen molar-refractivity contribution < 1.29 is 31.3 Å². The molecule has 1 aliphatic heterocycles. The monoisotopic (exact) mass is 554 g/mol. The molecule has 1 heterocycles. The molecule has 1 N–H and O–H groups in total. The number of hydrogen-bond acceptors (Lipinski definition) is 8. The van der Waals surface area contributed by atoms with Crippen LogP contribution in [0.5, 0.6) is 5.75 Å². The van der Waals surface area contributed by atoms with Gasteiger partial charge in [0.1, 0.15) is 18.4 Å². The van der Waals surface area contributed by atoms with Crippen molar-refractivity contribution in [2.24, 2.45) is 0 Å². The number of anilines is 1. The fourth-order valence-electron chi connectivity index (χ4n) is 4.01. The van der Waals surface area contributed by atoms with Crippen LogP contribution in [-0.4, -0.2) is 70.5 Å². The number of rotatable bonds is 11. The molecule has 1 aliphatic rings. The van der Waals surface area contributed by atoms with Crippen molar-refractivity contribution >= 4 is 37.3 Å². The average Bonchev–Trinajstić information content (AvgIpc) is 3.38. The van der Waals surface area contributed by atoms with E-state index in [1.54, 1.807) is 6.92 Å². The molecule has 202 valence electrons. The molecule has 1 saturated heterocycles. The minimum atomic E-state index is -3.96. The van der Waals surface area contributed by atoms with Gasteiger partial charge in [-0.15, -0.1) is 0 Å². The van der Waals surface area contributed by atoms with Crippen LogP contribution >= 0.6 is 0 Å². The molecule has 1 atom stereocenters. The third-order valence-electron chi connectivity index (χ3n) is 5.93. The van der Waals surface area contributed by atoms with Crippen LogP contribution in [0.15, 0.2) is 47.4 Å². The van der Waals surface area contributed by atoms with E-state index in [-0.39, 0.29) is 29.4 Å². The number of carbonyl (C=O) groups excluding carboxylic acids is 1. The number of benzene rings is 2. The first-order valence-corrected chi connectivity index (χ1v) is 14.9. The van der Waals surface area contributed by atoms with E-state index < -0.39 is 36.9 Å². The second-order valence-corrected chi connectivity index (χ2v) is 12.5. The Morgan fingerprint density at radius 2 is 1.76 bits per heavy atom. The van der Waals surface area contributed by atoms with Crippen molar-refractivity contribution in [3.05, 3.63) is 58.1 Å². The molecule has 0 aromatic heterocycles. The fourth-order valence-corrected chi connectivity index (χ4v) is 6.75. The van der Waals surface area contributed by atoms with Crippen molar-refractivity contribution in [3.8, 4) is 5.75 Å². The SMILES string of the molecule is Cc1ccc([N+](=O)[O-])cc1N([C@H](C)C(=O)NCCOc1ccc(S(=O)(=O)N2CCCC2)cc1)S(C)(=O)=O. The molecule has 0 radical (unpaired) electrons. The zero-order valence-corrected chi connectivity index (χ0v) is 22.4. The van der Waals surface area contributed by atoms with E-state index in [2.05, 4.69) is 5.32 Å². The highest BCUT2D eigenvalue weighted by Crippen LogP contribution is 2.29. The van der Waals surface area contributed by atoms with E-state index >= 15 is 0 Å². The largest absolute Gasteiger partial charge is 0.492 e. The maximum atomic E-state index is 12.7. The summed E-state index contributed by atoms with van der Waals surface area (Å²) in [6.45, 7) is 4.09. The summed E-state index contributed by atoms with van der Waals surface area (Å²) in [5.41, 5.74) is 0.197. The van der Waals surface area contributed by atoms with Gasteiger partial charge in [0.15, 0.2) is 0 Å². The zero-order chi connectivity index (χ0) is 27.4. The molecule has 0 bridgehead atoms. The minimum Gasteiger partial charge on any atom is -0.492 e. The van der Waals surface area contributed by atoms with Gasteiger partial charge in [-0.3, -0.25) is 19.2 Å². The Hall–Kier alpha value is -3.23. The van der Waals surface area contributed by atoms with Crippen molar-refractivity contribution in [3.63, 3.8) is 0 Å². The Kier molecular flexibility index (Phi) is 8.76. The second kappa shape index (κ2) is 11.4. The van der Waals surface area contributed by atoms with Crippen molar-refractivity contribution in [2.75, 3.05) is 36.8 Å². The van der Waals surface area contributed by atoms with E-state index in [1.807, 2.05) is 0 Å². The van der Waals surface area contributed by atoms with Crippen LogP contribution in [0.2, 0.25) is 0 Å². The number of ether oxygens (including phenoxy) is 1. The Labute approximate surface area is 216 Å². The first kappa shape index (κ1) is 28.3. The summed E-state index contributed by atoms with van der Waals surface area (Å²) < 4.78 is 58.1. The summed E-state index contributed by atoms with van der Waals surface area (Å²) in [5, 5.41) is 13.8. The van der Waals surface area contributed by atoms with Crippen LogP contribution in [0, 0.1) is 17.0 Å². The van der Waals surface area contributed by atoms with E-state index in [1.165, 1.54) is 47.6 Å². The van der Waals surface area contributed by atoms with Gasteiger partial charge < -0.3 is 10.1 Å². The number of aryl methyl sites for hydroxylation is 1. The van der Waals surface area contributed by atoms with Crippen LogP contribution in [0.25, 0.3) is 0 Å². The topological polar surface area (TPSA) is 156 Å². The van der Waals surface area contributed by atoms with Gasteiger partial charge in [-0.1, -0.05) is 6.07 Å². The van der Waals surface area contributed by atoms with Crippen molar-refractivity contribution in [1.29, 1.82) is 0 Å². The van der Waals surface area contributed by atoms with Gasteiger partial charge in [-0.05, 0) is 56.5 Å². The Morgan fingerprint density at radius 3 is 2.32 bits per heavy atom. The Balaban J connectivity index is 1.60. The summed E-state index contributed by atoms with van der Waals surface area (Å²) in [5.74, 6) is -0.209. The minimum absolute atomic E-state index is 0.0413. The van der Waals surface area contributed by atoms with Crippen LogP contribution in [0.1, 0.15) is 25.3 Å². The van der Waals surface area contributed by atoms with E-state index in [4.69, 9.17) is 4.74 Å². The van der Waals surface area contributed by atoms with Gasteiger partial charge >= 0.3 is 0 Å². The molecule has 3 rings (SSSR count). The predicted molar refractivity (Wildman–Crippen MR) is 138 cm³/mol. The number of nitrogens with zero attached hydrogens (tertiary/aromatic N) is 3. The molecular weight excluding hydrogens is 524 g/mol. The fraction of sp³-hybridized carbons (Fsp3) is 0.435. The summed E-state index contributed by atoms with van der Waals surface area (Å²) in [6, 6.07) is 8.61. The standard InChI is InChI=1S/C23H30N4O8S2/c1-17-6-7-19(27(29)30)16-22(17)26(36(3,31)32)18(2)23(28)24-12-15-35-20-8-10-21(11-9-20)37(33,34)25-13-4-5-14-25/h6-11,16,18H,4-5,12-15H2,1-3H3,(H,24,28)/t18-/m1/s1. The van der Waals surface area contributed by atoms with Crippen LogP contribution in [0.4, 0.5) is 11.4 Å². The number of sulfonamides is 2. The Morgan fingerprint density at radius 1 is 1.14 bits per heavy atom. The molecule has 14 heteroatoms. The number of nitro groups is 1. The Bertz CT molecular complexity index is 1360. The number of carbonyl (C=O) groups is 1. The van der Waals surface area contributed by atoms with Crippen LogP contribution in [0.3, 0.4) is 0 Å². The molecule has 0 spiro atoms. The summed E-state index contributed by atoms with van der Waals surface area (Å²) in [7, 11) is -7.48. The third kappa shape index (κ3) is 6.76. The average molecular weight is 555 g/mol. The number of hydrogen-bond donors (Lipinski definition) is 1. The lowest BCUT2D eigenvalue weighted by Crippen LogP contribution is -2.48. The van der Waals surface area contributed by atoms with Crippen LogP contribution in [-0.2, 0) is 24.8 Å². The van der Waals surface area contributed by atoms with Gasteiger partial charge in [0.25, 0.3) is 5.69 Å². The maximum Gasteiger partial charge on any atom is 0.271 e. The first-order chi connectivity index (χ1) is 17.3. The van der Waals surface area contributed by atoms with Gasteiger partial charge in [0.05, 0.1) is 28.3 Å². The van der Waals surface area contributed by atoms with Gasteiger partial charge in [0.2, 0.25) is 26.0 Å². The number of non-ortho nitro benzene ring substituents is 1. The molecular formula is C23H30N4O8S2. The van der Waals surface area contributed by atoms with Crippen molar-refractivity contribution in [1.82, 2.24) is 9.62 Å². The molecule has 12 nitrogen and oxygen atoms in total. The lowest BCUT2D eigenvalue weighted by molar-refractivity contribution is -0.384. The highest BCUT2D eigenvalue weighted by atomic mass is 32.2.